The summed E-state index contributed by atoms with van der Waals surface area (Å²) in [5.41, 5.74) is 0.747. The van der Waals surface area contributed by atoms with Gasteiger partial charge in [0.05, 0.1) is 6.61 Å². The van der Waals surface area contributed by atoms with E-state index in [0.29, 0.717) is 6.42 Å². The molecule has 0 unspecified atom stereocenters. The maximum absolute atomic E-state index is 11.4. The molecule has 0 radical (unpaired) electrons. The molecule has 0 aliphatic rings. The van der Waals surface area contributed by atoms with E-state index in [9.17, 15) is 13.2 Å². The summed E-state index contributed by atoms with van der Waals surface area (Å²) in [6, 6.07) is 4.62. The van der Waals surface area contributed by atoms with Crippen molar-refractivity contribution in [3.63, 3.8) is 0 Å². The minimum atomic E-state index is -3.85. The van der Waals surface area contributed by atoms with Gasteiger partial charge in [0.2, 0.25) is 10.0 Å². The van der Waals surface area contributed by atoms with Gasteiger partial charge in [0.25, 0.3) is 0 Å². The largest absolute Gasteiger partial charge is 0.492 e. The second-order valence-corrected chi connectivity index (χ2v) is 5.37. The van der Waals surface area contributed by atoms with Crippen molar-refractivity contribution in [1.29, 1.82) is 0 Å². The van der Waals surface area contributed by atoms with Gasteiger partial charge >= 0.3 is 5.97 Å². The van der Waals surface area contributed by atoms with Crippen LogP contribution in [0.2, 0.25) is 0 Å². The molecule has 1 aromatic carbocycles. The lowest BCUT2D eigenvalue weighted by Crippen LogP contribution is -2.14. The number of nitrogens with two attached hydrogens (primary N) is 1. The first-order valence-electron chi connectivity index (χ1n) is 5.29. The summed E-state index contributed by atoms with van der Waals surface area (Å²) < 4.78 is 27.9. The van der Waals surface area contributed by atoms with E-state index >= 15 is 0 Å². The van der Waals surface area contributed by atoms with Gasteiger partial charge in [0, 0.05) is 6.42 Å². The summed E-state index contributed by atoms with van der Waals surface area (Å²) >= 11 is 0. The molecule has 1 rings (SSSR count). The number of ether oxygens (including phenoxy) is 1. The van der Waals surface area contributed by atoms with Crippen LogP contribution < -0.4 is 9.88 Å². The molecule has 3 N–H and O–H groups in total. The third-order valence-electron chi connectivity index (χ3n) is 2.20. The quantitative estimate of drug-likeness (QED) is 0.748. The van der Waals surface area contributed by atoms with Gasteiger partial charge in [-0.1, -0.05) is 6.07 Å². The van der Waals surface area contributed by atoms with Crippen molar-refractivity contribution >= 4 is 16.0 Å². The monoisotopic (exact) mass is 273 g/mol. The van der Waals surface area contributed by atoms with Crippen LogP contribution in [0.4, 0.5) is 0 Å². The van der Waals surface area contributed by atoms with Gasteiger partial charge in [-0.15, -0.1) is 0 Å². The van der Waals surface area contributed by atoms with Gasteiger partial charge < -0.3 is 9.84 Å². The lowest BCUT2D eigenvalue weighted by atomic mass is 10.2. The molecular formula is C11H15NO5S. The van der Waals surface area contributed by atoms with Crippen molar-refractivity contribution in [2.75, 3.05) is 6.61 Å². The first kappa shape index (κ1) is 14.5. The van der Waals surface area contributed by atoms with Gasteiger partial charge in [-0.25, -0.2) is 13.6 Å². The van der Waals surface area contributed by atoms with Crippen molar-refractivity contribution in [1.82, 2.24) is 0 Å². The Hall–Kier alpha value is -1.60. The summed E-state index contributed by atoms with van der Waals surface area (Å²) in [5, 5.41) is 13.5. The van der Waals surface area contributed by atoms with Crippen LogP contribution in [0.25, 0.3) is 0 Å². The van der Waals surface area contributed by atoms with Crippen LogP contribution in [0.5, 0.6) is 5.75 Å². The van der Waals surface area contributed by atoms with Crippen LogP contribution >= 0.6 is 0 Å². The number of aliphatic carboxylic acids is 1. The number of aryl methyl sites for hydroxylation is 1. The maximum Gasteiger partial charge on any atom is 0.303 e. The fraction of sp³-hybridized carbons (Fsp3) is 0.364. The first-order valence-corrected chi connectivity index (χ1v) is 6.83. The average Bonchev–Trinajstić information content (AvgIpc) is 2.24. The maximum atomic E-state index is 11.4. The predicted octanol–water partition coefficient (Wildman–Crippen LogP) is 0.886. The first-order chi connectivity index (χ1) is 8.30. The summed E-state index contributed by atoms with van der Waals surface area (Å²) in [7, 11) is -3.85. The van der Waals surface area contributed by atoms with Crippen molar-refractivity contribution in [2.24, 2.45) is 5.14 Å². The van der Waals surface area contributed by atoms with E-state index in [1.54, 1.807) is 13.0 Å². The van der Waals surface area contributed by atoms with Gasteiger partial charge in [-0.2, -0.15) is 0 Å². The zero-order chi connectivity index (χ0) is 13.8. The van der Waals surface area contributed by atoms with Crippen molar-refractivity contribution in [2.45, 2.75) is 24.7 Å². The van der Waals surface area contributed by atoms with E-state index in [2.05, 4.69) is 0 Å². The van der Waals surface area contributed by atoms with Crippen LogP contribution in [0.1, 0.15) is 18.4 Å². The molecule has 0 saturated carbocycles. The number of primary sulfonamides is 1. The summed E-state index contributed by atoms with van der Waals surface area (Å²) in [6.07, 6.45) is 0.268. The molecule has 1 aromatic rings. The minimum absolute atomic E-state index is 0.0312. The van der Waals surface area contributed by atoms with E-state index in [0.717, 1.165) is 5.56 Å². The van der Waals surface area contributed by atoms with Crippen LogP contribution in [-0.4, -0.2) is 26.1 Å². The third kappa shape index (κ3) is 4.34. The van der Waals surface area contributed by atoms with E-state index in [1.807, 2.05) is 0 Å². The highest BCUT2D eigenvalue weighted by atomic mass is 32.2. The molecule has 0 spiro atoms. The summed E-state index contributed by atoms with van der Waals surface area (Å²) in [5.74, 6) is -0.775. The van der Waals surface area contributed by atoms with Crippen LogP contribution in [0.3, 0.4) is 0 Å². The molecular weight excluding hydrogens is 258 g/mol. The van der Waals surface area contributed by atoms with Gasteiger partial charge in [0.15, 0.2) is 0 Å². The van der Waals surface area contributed by atoms with E-state index in [-0.39, 0.29) is 23.7 Å². The number of carboxylic acids is 1. The fourth-order valence-electron chi connectivity index (χ4n) is 1.36. The number of rotatable bonds is 6. The molecule has 0 heterocycles. The molecule has 0 fully saturated rings. The number of benzene rings is 1. The Morgan fingerprint density at radius 2 is 2.11 bits per heavy atom. The number of carboxylic acid groups (broad SMARTS) is 1. The third-order valence-corrected chi connectivity index (χ3v) is 3.13. The topological polar surface area (TPSA) is 107 Å². The van der Waals surface area contributed by atoms with Crippen LogP contribution in [0, 0.1) is 6.92 Å². The smallest absolute Gasteiger partial charge is 0.303 e. The fourth-order valence-corrected chi connectivity index (χ4v) is 2.12. The van der Waals surface area contributed by atoms with Crippen LogP contribution in [-0.2, 0) is 14.8 Å². The van der Waals surface area contributed by atoms with Crippen molar-refractivity contribution in [3.8, 4) is 5.75 Å². The average molecular weight is 273 g/mol. The Morgan fingerprint density at radius 1 is 1.44 bits per heavy atom. The SMILES string of the molecule is Cc1ccc(OCCCC(=O)O)c(S(N)(=O)=O)c1. The Labute approximate surface area is 105 Å². The van der Waals surface area contributed by atoms with E-state index in [4.69, 9.17) is 15.0 Å². The van der Waals surface area contributed by atoms with Gasteiger partial charge in [-0.3, -0.25) is 4.79 Å². The Morgan fingerprint density at radius 3 is 2.67 bits per heavy atom. The molecule has 0 aliphatic carbocycles. The summed E-state index contributed by atoms with van der Waals surface area (Å²) in [6.45, 7) is 1.86. The van der Waals surface area contributed by atoms with Crippen molar-refractivity contribution in [3.05, 3.63) is 23.8 Å². The van der Waals surface area contributed by atoms with Gasteiger partial charge in [-0.05, 0) is 31.0 Å². The van der Waals surface area contributed by atoms with Crippen LogP contribution in [0.15, 0.2) is 23.1 Å². The normalized spacial score (nSPS) is 11.2. The Kier molecular flexibility index (Phi) is 4.69. The second-order valence-electron chi connectivity index (χ2n) is 3.84. The van der Waals surface area contributed by atoms with Gasteiger partial charge in [0.1, 0.15) is 10.6 Å². The summed E-state index contributed by atoms with van der Waals surface area (Å²) in [4.78, 5) is 10.2. The molecule has 6 nitrogen and oxygen atoms in total. The standard InChI is InChI=1S/C11H15NO5S/c1-8-4-5-9(10(7-8)18(12,15)16)17-6-2-3-11(13)14/h4-5,7H,2-3,6H2,1H3,(H,13,14)(H2,12,15,16). The lowest BCUT2D eigenvalue weighted by molar-refractivity contribution is -0.137. The zero-order valence-electron chi connectivity index (χ0n) is 9.92. The van der Waals surface area contributed by atoms with E-state index in [1.165, 1.54) is 12.1 Å². The van der Waals surface area contributed by atoms with Crippen molar-refractivity contribution < 1.29 is 23.1 Å². The highest BCUT2D eigenvalue weighted by Gasteiger charge is 2.15. The molecule has 0 aromatic heterocycles. The molecule has 0 aliphatic heterocycles. The molecule has 100 valence electrons. The number of hydrogen-bond donors (Lipinski definition) is 2. The minimum Gasteiger partial charge on any atom is -0.492 e. The molecule has 0 amide bonds. The zero-order valence-corrected chi connectivity index (χ0v) is 10.7. The highest BCUT2D eigenvalue weighted by Crippen LogP contribution is 2.24. The highest BCUT2D eigenvalue weighted by molar-refractivity contribution is 7.89. The number of sulfonamides is 1. The lowest BCUT2D eigenvalue weighted by Gasteiger charge is -2.10. The molecule has 18 heavy (non-hydrogen) atoms. The Balaban J connectivity index is 2.80. The second kappa shape index (κ2) is 5.83. The number of carbonyl (C=O) groups is 1. The Bertz CT molecular complexity index is 538. The molecule has 0 bridgehead atoms. The number of hydrogen-bond acceptors (Lipinski definition) is 4. The predicted molar refractivity (Wildman–Crippen MR) is 64.9 cm³/mol. The molecule has 7 heteroatoms. The molecule has 0 saturated heterocycles. The molecule has 0 atom stereocenters. The van der Waals surface area contributed by atoms with E-state index < -0.39 is 16.0 Å².